The van der Waals surface area contributed by atoms with Gasteiger partial charge in [-0.15, -0.1) is 0 Å². The van der Waals surface area contributed by atoms with Gasteiger partial charge < -0.3 is 50.1 Å². The topological polar surface area (TPSA) is 205 Å². The second-order valence-corrected chi connectivity index (χ2v) is 17.2. The van der Waals surface area contributed by atoms with E-state index in [1.54, 1.807) is 103 Å². The van der Waals surface area contributed by atoms with Crippen LogP contribution in [0.4, 0.5) is 31.5 Å². The molecular formula is C54H50ClF5N4O11. The fourth-order valence-corrected chi connectivity index (χ4v) is 7.66. The summed E-state index contributed by atoms with van der Waals surface area (Å²) in [5.41, 5.74) is 9.53. The fourth-order valence-electron chi connectivity index (χ4n) is 7.46. The molecule has 0 fully saturated rings. The molecule has 0 aliphatic carbocycles. The van der Waals surface area contributed by atoms with Crippen LogP contribution in [0.5, 0.6) is 11.5 Å². The van der Waals surface area contributed by atoms with E-state index in [0.717, 1.165) is 17.6 Å². The van der Waals surface area contributed by atoms with Crippen molar-refractivity contribution in [3.8, 4) is 22.6 Å². The standard InChI is InChI=1S/C54H50ClF5N4O11/c1-64(50(66)40(61)26-38(65)27-62-53(69)73-29-32-14-8-4-9-15-32)42(52(68)71-2)25-36-22-34(18-20-39(36)55)35-19-21-43(72-28-31-12-6-3-7-13-31)37(23-35)24-41(63-54(70)74-30-33-16-10-5-11-17-33)51(67)75-49-47(59)45(57)44(56)46(58)48(49)60/h3-23,38,40-42,65H,24-30,61H2,1-2H3,(H,62,69)(H,63,70)/t38-,40+,41?,42?/m1/s1. The van der Waals surface area contributed by atoms with E-state index in [1.165, 1.54) is 25.2 Å². The molecule has 0 bridgehead atoms. The molecule has 0 saturated heterocycles. The maximum absolute atomic E-state index is 14.9. The first-order valence-corrected chi connectivity index (χ1v) is 23.3. The Morgan fingerprint density at radius 1 is 0.653 bits per heavy atom. The zero-order valence-electron chi connectivity index (χ0n) is 40.2. The third kappa shape index (κ3) is 15.5. The third-order valence-electron chi connectivity index (χ3n) is 11.5. The third-order valence-corrected chi connectivity index (χ3v) is 11.9. The van der Waals surface area contributed by atoms with Crippen molar-refractivity contribution in [1.29, 1.82) is 0 Å². The fraction of sp³-hybridized carbons (Fsp3) is 0.241. The molecule has 0 radical (unpaired) electrons. The van der Waals surface area contributed by atoms with Crippen molar-refractivity contribution >= 4 is 41.6 Å². The molecule has 75 heavy (non-hydrogen) atoms. The number of likely N-dealkylation sites (N-methyl/N-ethyl adjacent to an activating group) is 1. The highest BCUT2D eigenvalue weighted by molar-refractivity contribution is 6.31. The number of alkyl carbamates (subject to hydrolysis) is 2. The van der Waals surface area contributed by atoms with Crippen molar-refractivity contribution in [2.75, 3.05) is 20.7 Å². The Bertz CT molecular complexity index is 2940. The van der Waals surface area contributed by atoms with Crippen LogP contribution in [-0.2, 0) is 61.3 Å². The Hall–Kier alpha value is -8.07. The van der Waals surface area contributed by atoms with Gasteiger partial charge in [-0.25, -0.2) is 32.3 Å². The molecule has 0 saturated carbocycles. The average Bonchev–Trinajstić information content (AvgIpc) is 3.42. The second kappa shape index (κ2) is 26.8. The molecule has 0 spiro atoms. The van der Waals surface area contributed by atoms with Crippen molar-refractivity contribution in [1.82, 2.24) is 15.5 Å². The molecule has 0 aliphatic heterocycles. The minimum atomic E-state index is -2.49. The number of amides is 3. The van der Waals surface area contributed by atoms with Gasteiger partial charge >= 0.3 is 24.1 Å². The van der Waals surface area contributed by atoms with Gasteiger partial charge in [0.05, 0.1) is 19.3 Å². The first-order chi connectivity index (χ1) is 35.9. The van der Waals surface area contributed by atoms with Gasteiger partial charge in [0.1, 0.15) is 37.7 Å². The SMILES string of the molecule is COC(=O)C(Cc1cc(-c2ccc(OCc3ccccc3)c(CC(NC(=O)OCc3ccccc3)C(=O)Oc3c(F)c(F)c(F)c(F)c3F)c2)ccc1Cl)N(C)C(=O)[C@@H](N)C[C@@H](O)CNC(=O)OCc1ccccc1. The van der Waals surface area contributed by atoms with Crippen molar-refractivity contribution < 1.29 is 74.7 Å². The smallest absolute Gasteiger partial charge is 0.408 e. The Morgan fingerprint density at radius 3 is 1.72 bits per heavy atom. The van der Waals surface area contributed by atoms with E-state index in [2.05, 4.69) is 10.6 Å². The largest absolute Gasteiger partial charge is 0.489 e. The first-order valence-electron chi connectivity index (χ1n) is 22.9. The van der Waals surface area contributed by atoms with Crippen LogP contribution in [0.25, 0.3) is 11.1 Å². The Morgan fingerprint density at radius 2 is 1.16 bits per heavy atom. The summed E-state index contributed by atoms with van der Waals surface area (Å²) >= 11 is 6.70. The molecule has 21 heteroatoms. The lowest BCUT2D eigenvalue weighted by molar-refractivity contribution is -0.152. The van der Waals surface area contributed by atoms with Crippen molar-refractivity contribution in [3.63, 3.8) is 0 Å². The van der Waals surface area contributed by atoms with Crippen molar-refractivity contribution in [3.05, 3.63) is 189 Å². The summed E-state index contributed by atoms with van der Waals surface area (Å²) in [6.45, 7) is -0.629. The molecule has 0 heterocycles. The van der Waals surface area contributed by atoms with Gasteiger partial charge in [0, 0.05) is 31.5 Å². The zero-order chi connectivity index (χ0) is 54.2. The molecule has 6 aromatic rings. The van der Waals surface area contributed by atoms with E-state index in [-0.39, 0.29) is 55.5 Å². The molecule has 6 rings (SSSR count). The lowest BCUT2D eigenvalue weighted by Gasteiger charge is -2.29. The Kier molecular flexibility index (Phi) is 20.1. The van der Waals surface area contributed by atoms with Crippen molar-refractivity contribution in [2.24, 2.45) is 5.73 Å². The van der Waals surface area contributed by atoms with Crippen LogP contribution in [0.1, 0.15) is 34.2 Å². The number of halogens is 6. The van der Waals surface area contributed by atoms with Gasteiger partial charge in [0.15, 0.2) is 0 Å². The number of nitrogens with zero attached hydrogens (tertiary/aromatic N) is 1. The number of benzene rings is 6. The highest BCUT2D eigenvalue weighted by atomic mass is 35.5. The van der Waals surface area contributed by atoms with E-state index in [9.17, 15) is 51.0 Å². The number of esters is 2. The van der Waals surface area contributed by atoms with E-state index < -0.39 is 95.5 Å². The predicted octanol–water partition coefficient (Wildman–Crippen LogP) is 8.27. The highest BCUT2D eigenvalue weighted by Gasteiger charge is 2.34. The first kappa shape index (κ1) is 56.2. The summed E-state index contributed by atoms with van der Waals surface area (Å²) in [6.07, 6.45) is -4.45. The maximum Gasteiger partial charge on any atom is 0.408 e. The number of rotatable bonds is 22. The number of methoxy groups -OCH3 is 1. The summed E-state index contributed by atoms with van der Waals surface area (Å²) in [4.78, 5) is 67.4. The molecule has 6 aromatic carbocycles. The van der Waals surface area contributed by atoms with Crippen LogP contribution in [0, 0.1) is 29.1 Å². The van der Waals surface area contributed by atoms with E-state index in [1.807, 2.05) is 6.07 Å². The number of carbonyl (C=O) groups is 5. The average molecular weight is 1060 g/mol. The van der Waals surface area contributed by atoms with E-state index in [4.69, 9.17) is 41.0 Å². The van der Waals surface area contributed by atoms with Gasteiger partial charge in [-0.05, 0) is 69.6 Å². The number of hydrogen-bond donors (Lipinski definition) is 4. The van der Waals surface area contributed by atoms with Crippen LogP contribution in [0.2, 0.25) is 5.02 Å². The predicted molar refractivity (Wildman–Crippen MR) is 262 cm³/mol. The van der Waals surface area contributed by atoms with Crippen LogP contribution in [0.15, 0.2) is 127 Å². The summed E-state index contributed by atoms with van der Waals surface area (Å²) in [7, 11) is 2.43. The minimum absolute atomic E-state index is 0.0123. The summed E-state index contributed by atoms with van der Waals surface area (Å²) in [5, 5.41) is 15.5. The Labute approximate surface area is 432 Å². The molecule has 15 nitrogen and oxygen atoms in total. The lowest BCUT2D eigenvalue weighted by atomic mass is 9.95. The monoisotopic (exact) mass is 1060 g/mol. The zero-order valence-corrected chi connectivity index (χ0v) is 41.0. The second-order valence-electron chi connectivity index (χ2n) is 16.8. The minimum Gasteiger partial charge on any atom is -0.489 e. The summed E-state index contributed by atoms with van der Waals surface area (Å²) in [5.74, 6) is -17.2. The van der Waals surface area contributed by atoms with Gasteiger partial charge in [-0.2, -0.15) is 8.78 Å². The van der Waals surface area contributed by atoms with Crippen LogP contribution < -0.4 is 25.8 Å². The van der Waals surface area contributed by atoms with E-state index >= 15 is 0 Å². The van der Waals surface area contributed by atoms with Crippen LogP contribution >= 0.6 is 11.6 Å². The van der Waals surface area contributed by atoms with Gasteiger partial charge in [0.2, 0.25) is 40.7 Å². The van der Waals surface area contributed by atoms with Gasteiger partial charge in [-0.1, -0.05) is 115 Å². The number of aliphatic hydroxyl groups excluding tert-OH is 1. The van der Waals surface area contributed by atoms with Crippen LogP contribution in [-0.4, -0.2) is 85.0 Å². The van der Waals surface area contributed by atoms with Crippen molar-refractivity contribution in [2.45, 2.75) is 63.3 Å². The number of hydrogen-bond acceptors (Lipinski definition) is 12. The summed E-state index contributed by atoms with van der Waals surface area (Å²) < 4.78 is 98.6. The number of aliphatic hydroxyl groups is 1. The number of carbonyl (C=O) groups excluding carboxylic acids is 5. The molecule has 4 atom stereocenters. The summed E-state index contributed by atoms with van der Waals surface area (Å²) in [6, 6.07) is 30.9. The number of nitrogens with two attached hydrogens (primary N) is 1. The lowest BCUT2D eigenvalue weighted by Crippen LogP contribution is -2.52. The molecule has 2 unspecified atom stereocenters. The molecule has 0 aliphatic rings. The molecule has 0 aromatic heterocycles. The van der Waals surface area contributed by atoms with Crippen LogP contribution in [0.3, 0.4) is 0 Å². The molecule has 394 valence electrons. The van der Waals surface area contributed by atoms with E-state index in [0.29, 0.717) is 27.8 Å². The number of nitrogens with one attached hydrogen (secondary N) is 2. The Balaban J connectivity index is 1.25. The molecule has 5 N–H and O–H groups in total. The van der Waals surface area contributed by atoms with Gasteiger partial charge in [-0.3, -0.25) is 4.79 Å². The maximum atomic E-state index is 14.9. The highest BCUT2D eigenvalue weighted by Crippen LogP contribution is 2.33. The normalized spacial score (nSPS) is 12.6. The number of ether oxygens (including phenoxy) is 5. The quantitative estimate of drug-likeness (QED) is 0.0127. The molecular weight excluding hydrogens is 1010 g/mol. The molecule has 3 amide bonds. The van der Waals surface area contributed by atoms with Gasteiger partial charge in [0.25, 0.3) is 0 Å².